The Hall–Kier alpha value is -2.46. The Kier molecular flexibility index (Phi) is 4.60. The molecule has 138 valence electrons. The molecule has 0 saturated carbocycles. The molecule has 4 heterocycles. The van der Waals surface area contributed by atoms with E-state index in [2.05, 4.69) is 30.5 Å². The van der Waals surface area contributed by atoms with Crippen molar-refractivity contribution in [1.82, 2.24) is 30.5 Å². The van der Waals surface area contributed by atoms with Crippen LogP contribution in [0, 0.1) is 0 Å². The zero-order valence-corrected chi connectivity index (χ0v) is 14.0. The summed E-state index contributed by atoms with van der Waals surface area (Å²) in [6, 6.07) is 0.776. The standard InChI is InChI=1S/C16H19F2N7O/c17-14(18)11-7-13(26)23-16(22-11)25-5-3-24(4-6-25)15-10-1-2-19-8-12(10)20-9-21-15/h1-2,8-9,11,14,16,22H,3-7H2,(H,23,26). The van der Waals surface area contributed by atoms with Crippen LogP contribution in [0.3, 0.4) is 0 Å². The van der Waals surface area contributed by atoms with Crippen molar-refractivity contribution < 1.29 is 13.6 Å². The van der Waals surface area contributed by atoms with Crippen LogP contribution in [0.25, 0.3) is 10.9 Å². The Bertz CT molecular complexity index is 792. The third kappa shape index (κ3) is 3.29. The molecule has 0 aromatic carbocycles. The van der Waals surface area contributed by atoms with Crippen LogP contribution < -0.4 is 15.5 Å². The van der Waals surface area contributed by atoms with E-state index in [9.17, 15) is 13.6 Å². The number of carbonyl (C=O) groups is 1. The van der Waals surface area contributed by atoms with Gasteiger partial charge in [0, 0.05) is 44.2 Å². The van der Waals surface area contributed by atoms with Gasteiger partial charge in [0.05, 0.1) is 17.8 Å². The number of amides is 1. The summed E-state index contributed by atoms with van der Waals surface area (Å²) in [6.45, 7) is 2.57. The Morgan fingerprint density at radius 1 is 1.19 bits per heavy atom. The number of piperazine rings is 1. The van der Waals surface area contributed by atoms with Gasteiger partial charge < -0.3 is 10.2 Å². The molecule has 0 radical (unpaired) electrons. The minimum Gasteiger partial charge on any atom is -0.353 e. The summed E-state index contributed by atoms with van der Waals surface area (Å²) in [4.78, 5) is 28.5. The van der Waals surface area contributed by atoms with Crippen molar-refractivity contribution in [3.05, 3.63) is 24.8 Å². The van der Waals surface area contributed by atoms with Gasteiger partial charge in [0.1, 0.15) is 18.4 Å². The summed E-state index contributed by atoms with van der Waals surface area (Å²) in [5, 5.41) is 6.50. The number of anilines is 1. The molecule has 0 aliphatic carbocycles. The van der Waals surface area contributed by atoms with Gasteiger partial charge in [-0.3, -0.25) is 20.0 Å². The highest BCUT2D eigenvalue weighted by molar-refractivity contribution is 5.88. The van der Waals surface area contributed by atoms with Crippen LogP contribution in [-0.4, -0.2) is 70.7 Å². The number of nitrogens with one attached hydrogen (secondary N) is 2. The van der Waals surface area contributed by atoms with E-state index in [0.717, 1.165) is 16.7 Å². The molecule has 2 N–H and O–H groups in total. The van der Waals surface area contributed by atoms with Crippen LogP contribution in [0.5, 0.6) is 0 Å². The van der Waals surface area contributed by atoms with E-state index in [-0.39, 0.29) is 12.3 Å². The molecule has 0 spiro atoms. The zero-order chi connectivity index (χ0) is 18.1. The van der Waals surface area contributed by atoms with Gasteiger partial charge in [-0.25, -0.2) is 18.7 Å². The molecule has 2 saturated heterocycles. The summed E-state index contributed by atoms with van der Waals surface area (Å²) in [5.74, 6) is 0.485. The number of aromatic nitrogens is 3. The summed E-state index contributed by atoms with van der Waals surface area (Å²) < 4.78 is 26.0. The molecule has 4 rings (SSSR count). The third-order valence-electron chi connectivity index (χ3n) is 4.78. The van der Waals surface area contributed by atoms with E-state index in [1.807, 2.05) is 11.0 Å². The van der Waals surface area contributed by atoms with E-state index in [0.29, 0.717) is 26.2 Å². The predicted octanol–water partition coefficient (Wildman–Crippen LogP) is 0.174. The molecule has 26 heavy (non-hydrogen) atoms. The van der Waals surface area contributed by atoms with Crippen LogP contribution in [-0.2, 0) is 4.79 Å². The molecule has 2 fully saturated rings. The predicted molar refractivity (Wildman–Crippen MR) is 90.6 cm³/mol. The molecule has 8 nitrogen and oxygen atoms in total. The third-order valence-corrected chi connectivity index (χ3v) is 4.78. The molecule has 2 unspecified atom stereocenters. The molecule has 2 aliphatic rings. The maximum Gasteiger partial charge on any atom is 0.254 e. The van der Waals surface area contributed by atoms with E-state index < -0.39 is 18.8 Å². The molecular weight excluding hydrogens is 344 g/mol. The average molecular weight is 363 g/mol. The first-order chi connectivity index (χ1) is 12.6. The smallest absolute Gasteiger partial charge is 0.254 e. The highest BCUT2D eigenvalue weighted by Gasteiger charge is 2.35. The summed E-state index contributed by atoms with van der Waals surface area (Å²) in [7, 11) is 0. The molecule has 2 atom stereocenters. The molecule has 2 aliphatic heterocycles. The van der Waals surface area contributed by atoms with Crippen LogP contribution >= 0.6 is 0 Å². The number of carbonyl (C=O) groups excluding carboxylic acids is 1. The van der Waals surface area contributed by atoms with Crippen molar-refractivity contribution in [2.45, 2.75) is 25.2 Å². The lowest BCUT2D eigenvalue weighted by atomic mass is 10.1. The second-order valence-corrected chi connectivity index (χ2v) is 6.39. The van der Waals surface area contributed by atoms with E-state index in [4.69, 9.17) is 0 Å². The lowest BCUT2D eigenvalue weighted by Crippen LogP contribution is -2.67. The number of alkyl halides is 2. The highest BCUT2D eigenvalue weighted by atomic mass is 19.3. The fraction of sp³-hybridized carbons (Fsp3) is 0.500. The van der Waals surface area contributed by atoms with Crippen molar-refractivity contribution in [2.75, 3.05) is 31.1 Å². The molecule has 2 aromatic rings. The lowest BCUT2D eigenvalue weighted by molar-refractivity contribution is -0.129. The van der Waals surface area contributed by atoms with Crippen molar-refractivity contribution in [2.24, 2.45) is 0 Å². The van der Waals surface area contributed by atoms with Crippen molar-refractivity contribution in [3.63, 3.8) is 0 Å². The number of fused-ring (bicyclic) bond motifs is 1. The maximum atomic E-state index is 13.0. The van der Waals surface area contributed by atoms with Crippen molar-refractivity contribution in [1.29, 1.82) is 0 Å². The molecule has 10 heteroatoms. The van der Waals surface area contributed by atoms with Gasteiger partial charge in [-0.05, 0) is 6.07 Å². The van der Waals surface area contributed by atoms with Crippen LogP contribution in [0.1, 0.15) is 6.42 Å². The average Bonchev–Trinajstić information content (AvgIpc) is 2.67. The first kappa shape index (κ1) is 17.0. The van der Waals surface area contributed by atoms with Crippen molar-refractivity contribution >= 4 is 22.6 Å². The van der Waals surface area contributed by atoms with Crippen LogP contribution in [0.4, 0.5) is 14.6 Å². The number of rotatable bonds is 3. The summed E-state index contributed by atoms with van der Waals surface area (Å²) >= 11 is 0. The molecule has 0 bridgehead atoms. The van der Waals surface area contributed by atoms with Crippen molar-refractivity contribution in [3.8, 4) is 0 Å². The largest absolute Gasteiger partial charge is 0.353 e. The SMILES string of the molecule is O=C1CC(C(F)F)NC(N2CCN(c3ncnc4cnccc34)CC2)N1. The first-order valence-electron chi connectivity index (χ1n) is 8.49. The normalized spacial score (nSPS) is 24.9. The zero-order valence-electron chi connectivity index (χ0n) is 14.0. The first-order valence-corrected chi connectivity index (χ1v) is 8.49. The minimum atomic E-state index is -2.56. The second-order valence-electron chi connectivity index (χ2n) is 6.39. The van der Waals surface area contributed by atoms with Gasteiger partial charge in [-0.2, -0.15) is 0 Å². The Labute approximate surface area is 148 Å². The molecule has 2 aromatic heterocycles. The number of hydrogen-bond donors (Lipinski definition) is 2. The lowest BCUT2D eigenvalue weighted by Gasteiger charge is -2.43. The van der Waals surface area contributed by atoms with Gasteiger partial charge in [-0.1, -0.05) is 0 Å². The van der Waals surface area contributed by atoms with E-state index in [1.165, 1.54) is 6.33 Å². The summed E-state index contributed by atoms with van der Waals surface area (Å²) in [5.41, 5.74) is 0.779. The highest BCUT2D eigenvalue weighted by Crippen LogP contribution is 2.23. The van der Waals surface area contributed by atoms with Gasteiger partial charge in [-0.15, -0.1) is 0 Å². The fourth-order valence-corrected chi connectivity index (χ4v) is 3.41. The van der Waals surface area contributed by atoms with E-state index in [1.54, 1.807) is 12.4 Å². The van der Waals surface area contributed by atoms with Crippen LogP contribution in [0.2, 0.25) is 0 Å². The number of hydrogen-bond acceptors (Lipinski definition) is 7. The second kappa shape index (κ2) is 7.04. The Balaban J connectivity index is 1.45. The fourth-order valence-electron chi connectivity index (χ4n) is 3.41. The van der Waals surface area contributed by atoms with E-state index >= 15 is 0 Å². The van der Waals surface area contributed by atoms with Gasteiger partial charge >= 0.3 is 0 Å². The Morgan fingerprint density at radius 2 is 2.00 bits per heavy atom. The maximum absolute atomic E-state index is 13.0. The molecule has 1 amide bonds. The number of nitrogens with zero attached hydrogens (tertiary/aromatic N) is 5. The topological polar surface area (TPSA) is 86.3 Å². The Morgan fingerprint density at radius 3 is 2.77 bits per heavy atom. The molecular formula is C16H19F2N7O. The summed E-state index contributed by atoms with van der Waals surface area (Å²) in [6.07, 6.45) is 1.59. The number of pyridine rings is 1. The number of halogens is 2. The van der Waals surface area contributed by atoms with Crippen LogP contribution in [0.15, 0.2) is 24.8 Å². The van der Waals surface area contributed by atoms with Gasteiger partial charge in [0.25, 0.3) is 6.43 Å². The monoisotopic (exact) mass is 363 g/mol. The van der Waals surface area contributed by atoms with Gasteiger partial charge in [0.15, 0.2) is 0 Å². The van der Waals surface area contributed by atoms with Gasteiger partial charge in [0.2, 0.25) is 5.91 Å². The minimum absolute atomic E-state index is 0.199. The quantitative estimate of drug-likeness (QED) is 0.804.